The molecule has 6 heteroatoms. The monoisotopic (exact) mass is 448 g/mol. The van der Waals surface area contributed by atoms with Crippen LogP contribution in [0.2, 0.25) is 0 Å². The molecule has 6 nitrogen and oxygen atoms in total. The van der Waals surface area contributed by atoms with Crippen LogP contribution in [-0.4, -0.2) is 40.1 Å². The molecule has 0 saturated carbocycles. The zero-order valence-electron chi connectivity index (χ0n) is 20.0. The van der Waals surface area contributed by atoms with E-state index in [4.69, 9.17) is 9.72 Å². The summed E-state index contributed by atoms with van der Waals surface area (Å²) >= 11 is 0. The molecule has 33 heavy (non-hydrogen) atoms. The number of hydrogen-bond acceptors (Lipinski definition) is 4. The average molecular weight is 449 g/mol. The van der Waals surface area contributed by atoms with Crippen LogP contribution in [0.25, 0.3) is 11.0 Å². The number of benzene rings is 2. The summed E-state index contributed by atoms with van der Waals surface area (Å²) in [5.41, 5.74) is 3.85. The Kier molecular flexibility index (Phi) is 8.00. The van der Waals surface area contributed by atoms with Gasteiger partial charge in [0.2, 0.25) is 0 Å². The number of nitrogens with one attached hydrogen (secondary N) is 1. The number of aromatic nitrogens is 2. The number of anilines is 1. The molecule has 1 aromatic heterocycles. The Labute approximate surface area is 196 Å². The molecule has 176 valence electrons. The van der Waals surface area contributed by atoms with Crippen molar-refractivity contribution in [1.29, 1.82) is 0 Å². The molecule has 3 aromatic rings. The number of rotatable bonds is 9. The van der Waals surface area contributed by atoms with Crippen LogP contribution in [0.1, 0.15) is 56.8 Å². The van der Waals surface area contributed by atoms with Crippen LogP contribution in [0.15, 0.2) is 42.5 Å². The van der Waals surface area contributed by atoms with Gasteiger partial charge in [-0.15, -0.1) is 0 Å². The Morgan fingerprint density at radius 1 is 1.09 bits per heavy atom. The summed E-state index contributed by atoms with van der Waals surface area (Å²) in [5.74, 6) is 1.69. The fourth-order valence-electron chi connectivity index (χ4n) is 4.50. The van der Waals surface area contributed by atoms with E-state index < -0.39 is 0 Å². The summed E-state index contributed by atoms with van der Waals surface area (Å²) in [7, 11) is 0. The predicted molar refractivity (Wildman–Crippen MR) is 134 cm³/mol. The van der Waals surface area contributed by atoms with Gasteiger partial charge in [0.15, 0.2) is 6.61 Å². The van der Waals surface area contributed by atoms with Crippen molar-refractivity contribution in [2.24, 2.45) is 0 Å². The predicted octanol–water partition coefficient (Wildman–Crippen LogP) is 5.54. The first-order valence-electron chi connectivity index (χ1n) is 12.3. The van der Waals surface area contributed by atoms with Crippen molar-refractivity contribution >= 4 is 22.6 Å². The number of para-hydroxylation sites is 1. The van der Waals surface area contributed by atoms with Gasteiger partial charge in [-0.25, -0.2) is 4.98 Å². The van der Waals surface area contributed by atoms with Crippen LogP contribution in [0, 0.1) is 6.92 Å². The maximum Gasteiger partial charge on any atom is 0.262 e. The Morgan fingerprint density at radius 2 is 1.88 bits per heavy atom. The van der Waals surface area contributed by atoms with Crippen molar-refractivity contribution in [2.45, 2.75) is 65.5 Å². The number of carbonyl (C=O) groups excluding carboxylic acids is 1. The lowest BCUT2D eigenvalue weighted by Gasteiger charge is -2.20. The number of nitrogens with zero attached hydrogens (tertiary/aromatic N) is 3. The topological polar surface area (TPSA) is 59.4 Å². The SMILES string of the molecule is CCCCn1c(CN2CCCCCC2)nc2cc(NC(=O)COc3ccccc3C)ccc21. The molecular formula is C27H36N4O2. The average Bonchev–Trinajstić information content (AvgIpc) is 2.95. The van der Waals surface area contributed by atoms with E-state index >= 15 is 0 Å². The Bertz CT molecular complexity index is 1070. The van der Waals surface area contributed by atoms with Crippen molar-refractivity contribution in [3.8, 4) is 5.75 Å². The van der Waals surface area contributed by atoms with Gasteiger partial charge in [0, 0.05) is 12.2 Å². The van der Waals surface area contributed by atoms with E-state index in [1.165, 1.54) is 25.7 Å². The standard InChI is InChI=1S/C27H36N4O2/c1-3-4-17-31-24-14-13-22(28-27(32)20-33-25-12-8-7-11-21(25)2)18-23(24)29-26(31)19-30-15-9-5-6-10-16-30/h7-8,11-14,18H,3-6,9-10,15-17,19-20H2,1-2H3,(H,28,32). The molecule has 1 aliphatic rings. The van der Waals surface area contributed by atoms with Gasteiger partial charge in [0.05, 0.1) is 17.6 Å². The molecule has 0 atom stereocenters. The van der Waals surface area contributed by atoms with E-state index in [0.29, 0.717) is 0 Å². The molecule has 0 radical (unpaired) electrons. The highest BCUT2D eigenvalue weighted by molar-refractivity contribution is 5.94. The minimum atomic E-state index is -0.173. The van der Waals surface area contributed by atoms with Crippen molar-refractivity contribution in [3.63, 3.8) is 0 Å². The maximum absolute atomic E-state index is 12.5. The van der Waals surface area contributed by atoms with Gasteiger partial charge < -0.3 is 14.6 Å². The molecule has 2 heterocycles. The third-order valence-corrected chi connectivity index (χ3v) is 6.36. The van der Waals surface area contributed by atoms with Crippen molar-refractivity contribution < 1.29 is 9.53 Å². The summed E-state index contributed by atoms with van der Waals surface area (Å²) in [6, 6.07) is 13.7. The molecule has 0 spiro atoms. The Balaban J connectivity index is 1.47. The number of likely N-dealkylation sites (tertiary alicyclic amines) is 1. The van der Waals surface area contributed by atoms with Gasteiger partial charge >= 0.3 is 0 Å². The summed E-state index contributed by atoms with van der Waals surface area (Å²) in [5, 5.41) is 2.96. The van der Waals surface area contributed by atoms with Gasteiger partial charge in [-0.2, -0.15) is 0 Å². The second kappa shape index (κ2) is 11.3. The second-order valence-corrected chi connectivity index (χ2v) is 9.03. The van der Waals surface area contributed by atoms with Gasteiger partial charge in [-0.1, -0.05) is 44.4 Å². The van der Waals surface area contributed by atoms with Crippen molar-refractivity contribution in [2.75, 3.05) is 25.0 Å². The van der Waals surface area contributed by atoms with E-state index in [2.05, 4.69) is 27.8 Å². The second-order valence-electron chi connectivity index (χ2n) is 9.03. The van der Waals surface area contributed by atoms with Crippen LogP contribution in [-0.2, 0) is 17.9 Å². The van der Waals surface area contributed by atoms with Crippen molar-refractivity contribution in [1.82, 2.24) is 14.5 Å². The van der Waals surface area contributed by atoms with Crippen LogP contribution < -0.4 is 10.1 Å². The number of unbranched alkanes of at least 4 members (excludes halogenated alkanes) is 1. The lowest BCUT2D eigenvalue weighted by molar-refractivity contribution is -0.118. The van der Waals surface area contributed by atoms with E-state index in [1.54, 1.807) is 0 Å². The third-order valence-electron chi connectivity index (χ3n) is 6.36. The fraction of sp³-hybridized carbons (Fsp3) is 0.481. The minimum Gasteiger partial charge on any atom is -0.483 e. The lowest BCUT2D eigenvalue weighted by Crippen LogP contribution is -2.26. The van der Waals surface area contributed by atoms with Crippen LogP contribution in [0.5, 0.6) is 5.75 Å². The highest BCUT2D eigenvalue weighted by atomic mass is 16.5. The number of aryl methyl sites for hydroxylation is 2. The van der Waals surface area contributed by atoms with Gasteiger partial charge in [0.25, 0.3) is 5.91 Å². The normalized spacial score (nSPS) is 14.8. The number of ether oxygens (including phenoxy) is 1. The number of imidazole rings is 1. The molecule has 4 rings (SSSR count). The minimum absolute atomic E-state index is 0.0198. The number of fused-ring (bicyclic) bond motifs is 1. The Morgan fingerprint density at radius 3 is 2.64 bits per heavy atom. The molecule has 1 saturated heterocycles. The summed E-state index contributed by atoms with van der Waals surface area (Å²) < 4.78 is 8.05. The van der Waals surface area contributed by atoms with E-state index in [-0.39, 0.29) is 12.5 Å². The van der Waals surface area contributed by atoms with E-state index in [9.17, 15) is 4.79 Å². The van der Waals surface area contributed by atoms with E-state index in [0.717, 1.165) is 72.9 Å². The number of amides is 1. The molecule has 1 amide bonds. The molecule has 2 aromatic carbocycles. The largest absolute Gasteiger partial charge is 0.483 e. The van der Waals surface area contributed by atoms with E-state index in [1.807, 2.05) is 43.3 Å². The molecule has 0 bridgehead atoms. The first-order valence-corrected chi connectivity index (χ1v) is 12.3. The van der Waals surface area contributed by atoms with Gasteiger partial charge in [0.1, 0.15) is 11.6 Å². The van der Waals surface area contributed by atoms with Crippen LogP contribution in [0.3, 0.4) is 0 Å². The molecule has 0 unspecified atom stereocenters. The maximum atomic E-state index is 12.5. The van der Waals surface area contributed by atoms with Gasteiger partial charge in [-0.05, 0) is 69.1 Å². The quantitative estimate of drug-likeness (QED) is 0.467. The summed E-state index contributed by atoms with van der Waals surface area (Å²) in [6.07, 6.45) is 7.50. The van der Waals surface area contributed by atoms with Crippen LogP contribution >= 0.6 is 0 Å². The number of carbonyl (C=O) groups is 1. The molecule has 1 aliphatic heterocycles. The van der Waals surface area contributed by atoms with Crippen molar-refractivity contribution in [3.05, 3.63) is 53.9 Å². The number of hydrogen-bond donors (Lipinski definition) is 1. The lowest BCUT2D eigenvalue weighted by atomic mass is 10.2. The van der Waals surface area contributed by atoms with Gasteiger partial charge in [-0.3, -0.25) is 9.69 Å². The third kappa shape index (κ3) is 6.14. The first-order chi connectivity index (χ1) is 16.1. The fourth-order valence-corrected chi connectivity index (χ4v) is 4.50. The molecular weight excluding hydrogens is 412 g/mol. The molecule has 1 fully saturated rings. The Hall–Kier alpha value is -2.86. The molecule has 1 N–H and O–H groups in total. The zero-order chi connectivity index (χ0) is 23.0. The first kappa shape index (κ1) is 23.3. The zero-order valence-corrected chi connectivity index (χ0v) is 20.0. The summed E-state index contributed by atoms with van der Waals surface area (Å²) in [6.45, 7) is 8.35. The van der Waals surface area contributed by atoms with Crippen LogP contribution in [0.4, 0.5) is 5.69 Å². The summed E-state index contributed by atoms with van der Waals surface area (Å²) in [4.78, 5) is 20.0. The highest BCUT2D eigenvalue weighted by Crippen LogP contribution is 2.23. The smallest absolute Gasteiger partial charge is 0.262 e. The molecule has 0 aliphatic carbocycles. The highest BCUT2D eigenvalue weighted by Gasteiger charge is 2.16.